The fourth-order valence-corrected chi connectivity index (χ4v) is 4.06. The molecule has 0 spiro atoms. The highest BCUT2D eigenvalue weighted by Crippen LogP contribution is 2.42. The first kappa shape index (κ1) is 22.9. The van der Waals surface area contributed by atoms with Gasteiger partial charge in [0.25, 0.3) is 5.91 Å². The van der Waals surface area contributed by atoms with E-state index in [-0.39, 0.29) is 17.7 Å². The quantitative estimate of drug-likeness (QED) is 0.631. The third kappa shape index (κ3) is 5.11. The predicted octanol–water partition coefficient (Wildman–Crippen LogP) is 2.98. The van der Waals surface area contributed by atoms with E-state index < -0.39 is 5.92 Å². The number of ether oxygens (including phenoxy) is 3. The number of hydrogen-bond acceptors (Lipinski definition) is 5. The van der Waals surface area contributed by atoms with Gasteiger partial charge < -0.3 is 24.4 Å². The summed E-state index contributed by atoms with van der Waals surface area (Å²) >= 11 is 5.95. The molecule has 2 atom stereocenters. The Labute approximate surface area is 187 Å². The van der Waals surface area contributed by atoms with Crippen molar-refractivity contribution in [2.24, 2.45) is 5.92 Å². The molecular formula is C23H27ClN2O5. The zero-order chi connectivity index (χ0) is 22.4. The topological polar surface area (TPSA) is 77.1 Å². The smallest absolute Gasteiger partial charge is 0.253 e. The van der Waals surface area contributed by atoms with E-state index in [1.54, 1.807) is 50.5 Å². The molecule has 0 saturated carbocycles. The molecule has 2 amide bonds. The van der Waals surface area contributed by atoms with Crippen LogP contribution in [0.1, 0.15) is 21.8 Å². The summed E-state index contributed by atoms with van der Waals surface area (Å²) in [6.07, 6.45) is 0. The first-order chi connectivity index (χ1) is 15.0. The molecule has 7 nitrogen and oxygen atoms in total. The van der Waals surface area contributed by atoms with Crippen LogP contribution in [0.5, 0.6) is 11.5 Å². The van der Waals surface area contributed by atoms with Crippen molar-refractivity contribution in [1.29, 1.82) is 0 Å². The van der Waals surface area contributed by atoms with E-state index in [1.165, 1.54) is 0 Å². The van der Waals surface area contributed by atoms with E-state index in [0.717, 1.165) is 5.56 Å². The van der Waals surface area contributed by atoms with Crippen LogP contribution in [0.15, 0.2) is 42.5 Å². The third-order valence-corrected chi connectivity index (χ3v) is 5.73. The Kier molecular flexibility index (Phi) is 7.76. The van der Waals surface area contributed by atoms with Gasteiger partial charge in [-0.3, -0.25) is 9.59 Å². The van der Waals surface area contributed by atoms with Crippen LogP contribution in [-0.2, 0) is 9.53 Å². The molecule has 166 valence electrons. The van der Waals surface area contributed by atoms with Crippen LogP contribution in [0.4, 0.5) is 0 Å². The number of halogens is 1. The van der Waals surface area contributed by atoms with Gasteiger partial charge in [-0.25, -0.2) is 0 Å². The lowest BCUT2D eigenvalue weighted by Gasteiger charge is -2.21. The molecule has 0 unspecified atom stereocenters. The molecule has 1 aliphatic rings. The zero-order valence-electron chi connectivity index (χ0n) is 17.9. The number of likely N-dealkylation sites (tertiary alicyclic amines) is 1. The summed E-state index contributed by atoms with van der Waals surface area (Å²) in [5, 5.41) is 3.47. The van der Waals surface area contributed by atoms with Crippen molar-refractivity contribution in [2.45, 2.75) is 5.92 Å². The molecule has 0 aliphatic carbocycles. The van der Waals surface area contributed by atoms with Gasteiger partial charge in [0.1, 0.15) is 0 Å². The second-order valence-corrected chi connectivity index (χ2v) is 7.73. The van der Waals surface area contributed by atoms with Crippen LogP contribution < -0.4 is 14.8 Å². The highest BCUT2D eigenvalue weighted by molar-refractivity contribution is 6.30. The highest BCUT2D eigenvalue weighted by atomic mass is 35.5. The molecule has 0 radical (unpaired) electrons. The predicted molar refractivity (Wildman–Crippen MR) is 118 cm³/mol. The van der Waals surface area contributed by atoms with Gasteiger partial charge in [-0.2, -0.15) is 0 Å². The first-order valence-corrected chi connectivity index (χ1v) is 10.4. The Morgan fingerprint density at radius 3 is 2.45 bits per heavy atom. The zero-order valence-corrected chi connectivity index (χ0v) is 18.6. The van der Waals surface area contributed by atoms with Crippen LogP contribution in [0, 0.1) is 5.92 Å². The number of benzene rings is 2. The fraction of sp³-hybridized carbons (Fsp3) is 0.391. The second kappa shape index (κ2) is 10.5. The summed E-state index contributed by atoms with van der Waals surface area (Å²) in [4.78, 5) is 27.8. The molecule has 1 N–H and O–H groups in total. The van der Waals surface area contributed by atoms with Crippen molar-refractivity contribution in [3.8, 4) is 11.5 Å². The van der Waals surface area contributed by atoms with Gasteiger partial charge >= 0.3 is 0 Å². The maximum absolute atomic E-state index is 13.1. The molecule has 1 fully saturated rings. The Morgan fingerprint density at radius 1 is 1.06 bits per heavy atom. The Bertz CT molecular complexity index is 919. The van der Waals surface area contributed by atoms with Crippen LogP contribution >= 0.6 is 11.6 Å². The summed E-state index contributed by atoms with van der Waals surface area (Å²) in [6.45, 7) is 1.50. The molecule has 3 rings (SSSR count). The maximum atomic E-state index is 13.1. The number of hydrogen-bond donors (Lipinski definition) is 1. The minimum Gasteiger partial charge on any atom is -0.493 e. The summed E-state index contributed by atoms with van der Waals surface area (Å²) in [5.74, 6) is 0.207. The lowest BCUT2D eigenvalue weighted by Crippen LogP contribution is -2.37. The monoisotopic (exact) mass is 446 g/mol. The van der Waals surface area contributed by atoms with Gasteiger partial charge in [-0.05, 0) is 30.3 Å². The number of rotatable bonds is 8. The number of carbonyl (C=O) groups excluding carboxylic acids is 2. The van der Waals surface area contributed by atoms with E-state index in [9.17, 15) is 9.59 Å². The van der Waals surface area contributed by atoms with Crippen LogP contribution in [-0.4, -0.2) is 64.3 Å². The van der Waals surface area contributed by atoms with Crippen molar-refractivity contribution in [2.75, 3.05) is 47.6 Å². The number of carbonyl (C=O) groups is 2. The second-order valence-electron chi connectivity index (χ2n) is 7.30. The molecular weight excluding hydrogens is 420 g/mol. The number of para-hydroxylation sites is 1. The third-order valence-electron chi connectivity index (χ3n) is 5.47. The van der Waals surface area contributed by atoms with Gasteiger partial charge in [0.05, 0.1) is 26.7 Å². The molecule has 31 heavy (non-hydrogen) atoms. The summed E-state index contributed by atoms with van der Waals surface area (Å²) in [6, 6.07) is 12.3. The summed E-state index contributed by atoms with van der Waals surface area (Å²) in [7, 11) is 4.72. The van der Waals surface area contributed by atoms with Crippen molar-refractivity contribution >= 4 is 23.4 Å². The van der Waals surface area contributed by atoms with Crippen LogP contribution in [0.3, 0.4) is 0 Å². The number of methoxy groups -OCH3 is 3. The maximum Gasteiger partial charge on any atom is 0.253 e. The van der Waals surface area contributed by atoms with Crippen LogP contribution in [0.25, 0.3) is 0 Å². The van der Waals surface area contributed by atoms with Gasteiger partial charge in [0.2, 0.25) is 5.91 Å². The standard InChI is InChI=1S/C23H27ClN2O5/c1-29-12-11-25-22(27)19-14-26(23(28)15-7-9-16(24)10-8-15)13-18(19)17-5-4-6-20(30-2)21(17)31-3/h4-10,18-19H,11-14H2,1-3H3,(H,25,27)/t18-,19-/m0/s1. The normalized spacial score (nSPS) is 18.0. The summed E-state index contributed by atoms with van der Waals surface area (Å²) < 4.78 is 16.1. The number of amides is 2. The molecule has 1 saturated heterocycles. The van der Waals surface area contributed by atoms with E-state index >= 15 is 0 Å². The van der Waals surface area contributed by atoms with E-state index in [1.807, 2.05) is 18.2 Å². The lowest BCUT2D eigenvalue weighted by molar-refractivity contribution is -0.125. The average molecular weight is 447 g/mol. The average Bonchev–Trinajstić information content (AvgIpc) is 3.24. The molecule has 1 aliphatic heterocycles. The van der Waals surface area contributed by atoms with E-state index in [2.05, 4.69) is 5.32 Å². The van der Waals surface area contributed by atoms with Crippen molar-refractivity contribution in [3.63, 3.8) is 0 Å². The van der Waals surface area contributed by atoms with Crippen molar-refractivity contribution < 1.29 is 23.8 Å². The molecule has 2 aromatic rings. The van der Waals surface area contributed by atoms with E-state index in [0.29, 0.717) is 48.3 Å². The highest BCUT2D eigenvalue weighted by Gasteiger charge is 2.42. The van der Waals surface area contributed by atoms with Gasteiger partial charge in [-0.15, -0.1) is 0 Å². The minimum atomic E-state index is -0.436. The first-order valence-electron chi connectivity index (χ1n) is 10.0. The fourth-order valence-electron chi connectivity index (χ4n) is 3.94. The number of nitrogens with one attached hydrogen (secondary N) is 1. The largest absolute Gasteiger partial charge is 0.493 e. The van der Waals surface area contributed by atoms with Crippen LogP contribution in [0.2, 0.25) is 5.02 Å². The van der Waals surface area contributed by atoms with Crippen molar-refractivity contribution in [1.82, 2.24) is 10.2 Å². The molecule has 8 heteroatoms. The minimum absolute atomic E-state index is 0.127. The lowest BCUT2D eigenvalue weighted by atomic mass is 9.87. The Morgan fingerprint density at radius 2 is 1.81 bits per heavy atom. The molecule has 2 aromatic carbocycles. The molecule has 0 aromatic heterocycles. The molecule has 1 heterocycles. The van der Waals surface area contributed by atoms with Gasteiger partial charge in [0.15, 0.2) is 11.5 Å². The summed E-state index contributed by atoms with van der Waals surface area (Å²) in [5.41, 5.74) is 1.36. The van der Waals surface area contributed by atoms with Gasteiger partial charge in [0, 0.05) is 48.8 Å². The Hall–Kier alpha value is -2.77. The van der Waals surface area contributed by atoms with Crippen molar-refractivity contribution in [3.05, 3.63) is 58.6 Å². The van der Waals surface area contributed by atoms with Gasteiger partial charge in [-0.1, -0.05) is 23.7 Å². The van der Waals surface area contributed by atoms with E-state index in [4.69, 9.17) is 25.8 Å². The Balaban J connectivity index is 1.91. The number of nitrogens with zero attached hydrogens (tertiary/aromatic N) is 1. The SMILES string of the molecule is COCCNC(=O)[C@H]1CN(C(=O)c2ccc(Cl)cc2)C[C@H]1c1cccc(OC)c1OC. The molecule has 0 bridgehead atoms.